The molecule has 0 amide bonds. The summed E-state index contributed by atoms with van der Waals surface area (Å²) in [6.07, 6.45) is 8.84. The second-order valence-corrected chi connectivity index (χ2v) is 12.2. The van der Waals surface area contributed by atoms with Crippen molar-refractivity contribution in [1.82, 2.24) is 14.9 Å². The predicted octanol–water partition coefficient (Wildman–Crippen LogP) is 2.38. The summed E-state index contributed by atoms with van der Waals surface area (Å²) >= 11 is 0. The number of allylic oxidation sites excluding steroid dienone is 3. The molecule has 10 heteroatoms. The fourth-order valence-corrected chi connectivity index (χ4v) is 6.44. The number of carbonyl (C=O) groups is 2. The molecule has 1 aliphatic carbocycles. The third kappa shape index (κ3) is 6.67. The smallest absolute Gasteiger partial charge is 0.321 e. The Morgan fingerprint density at radius 2 is 1.92 bits per heavy atom. The van der Waals surface area contributed by atoms with Crippen LogP contribution < -0.4 is 10.0 Å². The number of sulfonamides is 1. The van der Waals surface area contributed by atoms with E-state index in [2.05, 4.69) is 22.0 Å². The molecule has 0 aromatic heterocycles. The number of carbonyl (C=O) groups excluding carboxylic acids is 1. The van der Waals surface area contributed by atoms with Gasteiger partial charge in [-0.1, -0.05) is 23.8 Å². The summed E-state index contributed by atoms with van der Waals surface area (Å²) < 4.78 is 34.5. The Morgan fingerprint density at radius 1 is 1.22 bits per heavy atom. The van der Waals surface area contributed by atoms with Crippen LogP contribution in [0.15, 0.2) is 53.1 Å². The van der Waals surface area contributed by atoms with Crippen molar-refractivity contribution in [2.75, 3.05) is 26.7 Å². The molecule has 0 saturated carbocycles. The Kier molecular flexibility index (Phi) is 8.52. The fraction of sp³-hybridized carbons (Fsp3) is 0.556. The lowest BCUT2D eigenvalue weighted by molar-refractivity contribution is -0.140. The number of likely N-dealkylation sites (tertiary alicyclic amines) is 1. The highest BCUT2D eigenvalue weighted by Crippen LogP contribution is 2.39. The second kappa shape index (κ2) is 11.5. The van der Waals surface area contributed by atoms with Crippen molar-refractivity contribution < 1.29 is 27.9 Å². The van der Waals surface area contributed by atoms with E-state index in [-0.39, 0.29) is 29.6 Å². The fourth-order valence-electron chi connectivity index (χ4n) is 5.25. The number of nitrogens with one attached hydrogen (secondary N) is 2. The molecule has 4 rings (SSSR count). The van der Waals surface area contributed by atoms with Crippen LogP contribution in [-0.4, -0.2) is 75.0 Å². The molecule has 1 aromatic rings. The van der Waals surface area contributed by atoms with Crippen LogP contribution in [0.3, 0.4) is 0 Å². The Morgan fingerprint density at radius 3 is 2.49 bits per heavy atom. The first kappa shape index (κ1) is 27.5. The Hall–Kier alpha value is -2.53. The SMILES string of the molecule is Cc1ccc(S(=O)(=O)NC(CC2(C(=O)[C@@H]3CCCN3)C=CC(OC3CCN(C)CC3)=CC2)C(=O)O)cc1. The van der Waals surface area contributed by atoms with Gasteiger partial charge >= 0.3 is 5.97 Å². The van der Waals surface area contributed by atoms with Gasteiger partial charge in [-0.05, 0) is 83.3 Å². The highest BCUT2D eigenvalue weighted by molar-refractivity contribution is 7.89. The van der Waals surface area contributed by atoms with E-state index in [1.165, 1.54) is 12.1 Å². The van der Waals surface area contributed by atoms with Gasteiger partial charge in [-0.2, -0.15) is 4.72 Å². The summed E-state index contributed by atoms with van der Waals surface area (Å²) in [6.45, 7) is 4.47. The van der Waals surface area contributed by atoms with E-state index in [1.807, 2.05) is 13.0 Å². The molecule has 1 aromatic carbocycles. The number of benzene rings is 1. The summed E-state index contributed by atoms with van der Waals surface area (Å²) in [5, 5.41) is 13.2. The van der Waals surface area contributed by atoms with Gasteiger partial charge < -0.3 is 20.1 Å². The van der Waals surface area contributed by atoms with Crippen LogP contribution in [0.25, 0.3) is 0 Å². The van der Waals surface area contributed by atoms with Crippen LogP contribution in [0.2, 0.25) is 0 Å². The quantitative estimate of drug-likeness (QED) is 0.420. The number of hydrogen-bond donors (Lipinski definition) is 3. The maximum Gasteiger partial charge on any atom is 0.321 e. The third-order valence-electron chi connectivity index (χ3n) is 7.57. The number of carboxylic acid groups (broad SMARTS) is 1. The molecule has 0 bridgehead atoms. The summed E-state index contributed by atoms with van der Waals surface area (Å²) in [4.78, 5) is 28.2. The van der Waals surface area contributed by atoms with Gasteiger partial charge in [-0.15, -0.1) is 0 Å². The van der Waals surface area contributed by atoms with E-state index < -0.39 is 33.5 Å². The largest absolute Gasteiger partial charge is 0.491 e. The zero-order valence-electron chi connectivity index (χ0n) is 21.5. The van der Waals surface area contributed by atoms with Crippen molar-refractivity contribution in [1.29, 1.82) is 0 Å². The number of ether oxygens (including phenoxy) is 1. The maximum absolute atomic E-state index is 13.7. The lowest BCUT2D eigenvalue weighted by Gasteiger charge is -2.36. The first-order chi connectivity index (χ1) is 17.6. The van der Waals surface area contributed by atoms with Gasteiger partial charge in [0.15, 0.2) is 5.78 Å². The molecule has 2 saturated heterocycles. The minimum atomic E-state index is -4.10. The average molecular weight is 532 g/mol. The van der Waals surface area contributed by atoms with Crippen LogP contribution in [0.5, 0.6) is 0 Å². The van der Waals surface area contributed by atoms with Crippen LogP contribution in [0, 0.1) is 12.3 Å². The average Bonchev–Trinajstić information content (AvgIpc) is 3.41. The molecule has 9 nitrogen and oxygen atoms in total. The van der Waals surface area contributed by atoms with Crippen molar-refractivity contribution in [2.24, 2.45) is 5.41 Å². The zero-order chi connectivity index (χ0) is 26.6. The zero-order valence-corrected chi connectivity index (χ0v) is 22.3. The van der Waals surface area contributed by atoms with Crippen LogP contribution in [-0.2, 0) is 24.3 Å². The number of ketones is 1. The summed E-state index contributed by atoms with van der Waals surface area (Å²) in [7, 11) is -2.02. The van der Waals surface area contributed by atoms with E-state index in [4.69, 9.17) is 4.74 Å². The molecule has 2 aliphatic heterocycles. The number of aliphatic carboxylic acids is 1. The van der Waals surface area contributed by atoms with E-state index in [1.54, 1.807) is 24.3 Å². The lowest BCUT2D eigenvalue weighted by Crippen LogP contribution is -2.49. The van der Waals surface area contributed by atoms with Crippen molar-refractivity contribution in [3.8, 4) is 0 Å². The van der Waals surface area contributed by atoms with Crippen molar-refractivity contribution in [3.05, 3.63) is 53.8 Å². The number of nitrogens with zero attached hydrogens (tertiary/aromatic N) is 1. The Bertz CT molecular complexity index is 1150. The molecule has 3 aliphatic rings. The normalized spacial score (nSPS) is 26.0. The van der Waals surface area contributed by atoms with Crippen molar-refractivity contribution in [3.63, 3.8) is 0 Å². The number of hydrogen-bond acceptors (Lipinski definition) is 7. The van der Waals surface area contributed by atoms with Crippen LogP contribution in [0.4, 0.5) is 0 Å². The van der Waals surface area contributed by atoms with Gasteiger partial charge in [0.2, 0.25) is 10.0 Å². The molecule has 0 spiro atoms. The summed E-state index contributed by atoms with van der Waals surface area (Å²) in [5.41, 5.74) is -0.278. The van der Waals surface area contributed by atoms with E-state index >= 15 is 0 Å². The Labute approximate surface area is 219 Å². The third-order valence-corrected chi connectivity index (χ3v) is 9.05. The molecule has 2 unspecified atom stereocenters. The molecule has 0 radical (unpaired) electrons. The van der Waals surface area contributed by atoms with Gasteiger partial charge in [0, 0.05) is 13.1 Å². The number of rotatable bonds is 10. The molecule has 37 heavy (non-hydrogen) atoms. The molecular weight excluding hydrogens is 494 g/mol. The monoisotopic (exact) mass is 531 g/mol. The maximum atomic E-state index is 13.7. The van der Waals surface area contributed by atoms with Crippen molar-refractivity contribution in [2.45, 2.75) is 68.5 Å². The minimum absolute atomic E-state index is 0.0184. The predicted molar refractivity (Wildman–Crippen MR) is 139 cm³/mol. The van der Waals surface area contributed by atoms with Crippen LogP contribution in [0.1, 0.15) is 44.1 Å². The van der Waals surface area contributed by atoms with Crippen LogP contribution >= 0.6 is 0 Å². The molecule has 3 atom stereocenters. The molecule has 202 valence electrons. The standard InChI is InChI=1S/C27H37N3O6S/c1-19-5-7-22(8-6-19)37(34,35)29-24(26(32)33)18-27(25(31)23-4-3-15-28-23)13-9-20(10-14-27)36-21-11-16-30(2)17-12-21/h5-10,13,21,23-24,28-29H,3-4,11-12,14-18H2,1-2H3,(H,32,33)/t23-,24?,27?/m0/s1. The highest BCUT2D eigenvalue weighted by atomic mass is 32.2. The molecular formula is C27H37N3O6S. The molecule has 2 fully saturated rings. The van der Waals surface area contributed by atoms with E-state index in [9.17, 15) is 23.1 Å². The van der Waals surface area contributed by atoms with Gasteiger partial charge in [0.1, 0.15) is 17.9 Å². The first-order valence-electron chi connectivity index (χ1n) is 12.9. The van der Waals surface area contributed by atoms with Gasteiger partial charge in [0.25, 0.3) is 0 Å². The molecule has 3 N–H and O–H groups in total. The highest BCUT2D eigenvalue weighted by Gasteiger charge is 2.45. The van der Waals surface area contributed by atoms with Crippen molar-refractivity contribution >= 4 is 21.8 Å². The van der Waals surface area contributed by atoms with Gasteiger partial charge in [-0.25, -0.2) is 8.42 Å². The lowest BCUT2D eigenvalue weighted by atomic mass is 9.70. The second-order valence-electron chi connectivity index (χ2n) is 10.5. The number of piperidine rings is 1. The molecule has 2 heterocycles. The first-order valence-corrected chi connectivity index (χ1v) is 14.4. The number of Topliss-reactive ketones (excluding diaryl/α,β-unsaturated/α-hetero) is 1. The number of aryl methyl sites for hydroxylation is 1. The topological polar surface area (TPSA) is 125 Å². The minimum Gasteiger partial charge on any atom is -0.491 e. The summed E-state index contributed by atoms with van der Waals surface area (Å²) in [6, 6.07) is 4.32. The van der Waals surface area contributed by atoms with Gasteiger partial charge in [-0.3, -0.25) is 9.59 Å². The Balaban J connectivity index is 1.54. The van der Waals surface area contributed by atoms with E-state index in [0.29, 0.717) is 12.2 Å². The van der Waals surface area contributed by atoms with E-state index in [0.717, 1.165) is 44.5 Å². The summed E-state index contributed by atoms with van der Waals surface area (Å²) in [5.74, 6) is -0.769. The van der Waals surface area contributed by atoms with Gasteiger partial charge in [0.05, 0.1) is 16.4 Å². The number of carboxylic acids is 1.